The fourth-order valence-corrected chi connectivity index (χ4v) is 4.40. The Balaban J connectivity index is 1.40. The average Bonchev–Trinajstić information content (AvgIpc) is 2.33. The van der Waals surface area contributed by atoms with Crippen LogP contribution in [0, 0.1) is 17.3 Å². The molecule has 0 radical (unpaired) electrons. The van der Waals surface area contributed by atoms with Gasteiger partial charge in [0.2, 0.25) is 0 Å². The molecule has 1 spiro atoms. The monoisotopic (exact) mass is 250 g/mol. The number of nitrogens with zero attached hydrogens (tertiary/aromatic N) is 2. The Bertz CT molecular complexity index is 262. The largest absolute Gasteiger partial charge is 0.306 e. The maximum atomic E-state index is 2.74. The van der Waals surface area contributed by atoms with Gasteiger partial charge in [0.25, 0.3) is 0 Å². The topological polar surface area (TPSA) is 6.48 Å². The van der Waals surface area contributed by atoms with Gasteiger partial charge in [-0.15, -0.1) is 0 Å². The minimum absolute atomic E-state index is 0.778. The molecule has 0 aromatic rings. The van der Waals surface area contributed by atoms with E-state index < -0.39 is 0 Å². The van der Waals surface area contributed by atoms with Gasteiger partial charge in [-0.1, -0.05) is 6.92 Å². The second-order valence-corrected chi connectivity index (χ2v) is 7.56. The molecule has 104 valence electrons. The molecule has 0 atom stereocenters. The van der Waals surface area contributed by atoms with Gasteiger partial charge in [0.05, 0.1) is 0 Å². The second kappa shape index (κ2) is 5.13. The van der Waals surface area contributed by atoms with Crippen LogP contribution in [0.5, 0.6) is 0 Å². The summed E-state index contributed by atoms with van der Waals surface area (Å²) in [4.78, 5) is 5.25. The summed E-state index contributed by atoms with van der Waals surface area (Å²) >= 11 is 0. The molecule has 3 aliphatic rings. The molecule has 0 unspecified atom stereocenters. The van der Waals surface area contributed by atoms with E-state index in [0.29, 0.717) is 0 Å². The van der Waals surface area contributed by atoms with Gasteiger partial charge in [-0.3, -0.25) is 0 Å². The lowest BCUT2D eigenvalue weighted by Crippen LogP contribution is -2.49. The molecular formula is C16H30N2. The van der Waals surface area contributed by atoms with Crippen LogP contribution in [-0.2, 0) is 0 Å². The number of hydrogen-bond donors (Lipinski definition) is 0. The number of hydrogen-bond acceptors (Lipinski definition) is 2. The SMILES string of the molecule is CC1CCN(CC2CC3(CCN(C)CC3)C2)CC1. The van der Waals surface area contributed by atoms with Crippen LogP contribution in [-0.4, -0.2) is 49.6 Å². The normalized spacial score (nSPS) is 31.7. The van der Waals surface area contributed by atoms with Gasteiger partial charge in [0.1, 0.15) is 0 Å². The van der Waals surface area contributed by atoms with Gasteiger partial charge in [0.15, 0.2) is 0 Å². The van der Waals surface area contributed by atoms with Crippen LogP contribution in [0.15, 0.2) is 0 Å². The Morgan fingerprint density at radius 3 is 2.22 bits per heavy atom. The predicted octanol–water partition coefficient (Wildman–Crippen LogP) is 2.84. The fraction of sp³-hybridized carbons (Fsp3) is 1.00. The van der Waals surface area contributed by atoms with Gasteiger partial charge in [0, 0.05) is 6.54 Å². The first-order chi connectivity index (χ1) is 8.65. The van der Waals surface area contributed by atoms with Crippen LogP contribution in [0.25, 0.3) is 0 Å². The molecule has 2 aliphatic heterocycles. The summed E-state index contributed by atoms with van der Waals surface area (Å²) in [6.07, 6.45) is 8.87. The third kappa shape index (κ3) is 2.75. The molecule has 0 aromatic carbocycles. The lowest BCUT2D eigenvalue weighted by molar-refractivity contribution is -0.0239. The van der Waals surface area contributed by atoms with Crippen molar-refractivity contribution in [3.05, 3.63) is 0 Å². The summed E-state index contributed by atoms with van der Waals surface area (Å²) < 4.78 is 0. The first-order valence-corrected chi connectivity index (χ1v) is 8.06. The zero-order valence-electron chi connectivity index (χ0n) is 12.3. The first-order valence-electron chi connectivity index (χ1n) is 8.06. The lowest BCUT2D eigenvalue weighted by atomic mass is 9.57. The van der Waals surface area contributed by atoms with Crippen molar-refractivity contribution in [2.75, 3.05) is 39.8 Å². The van der Waals surface area contributed by atoms with Gasteiger partial charge in [-0.2, -0.15) is 0 Å². The molecule has 1 saturated carbocycles. The maximum absolute atomic E-state index is 2.74. The van der Waals surface area contributed by atoms with Gasteiger partial charge >= 0.3 is 0 Å². The highest BCUT2D eigenvalue weighted by atomic mass is 15.1. The molecule has 2 saturated heterocycles. The van der Waals surface area contributed by atoms with E-state index in [4.69, 9.17) is 0 Å². The molecule has 3 rings (SSSR count). The Morgan fingerprint density at radius 2 is 1.61 bits per heavy atom. The molecule has 0 bridgehead atoms. The van der Waals surface area contributed by atoms with E-state index in [1.807, 2.05) is 0 Å². The summed E-state index contributed by atoms with van der Waals surface area (Å²) in [5.41, 5.74) is 0.778. The van der Waals surface area contributed by atoms with Crippen LogP contribution in [0.4, 0.5) is 0 Å². The van der Waals surface area contributed by atoms with Crippen LogP contribution < -0.4 is 0 Å². The quantitative estimate of drug-likeness (QED) is 0.743. The fourth-order valence-electron chi connectivity index (χ4n) is 4.40. The third-order valence-corrected chi connectivity index (χ3v) is 5.88. The van der Waals surface area contributed by atoms with E-state index in [1.54, 1.807) is 0 Å². The van der Waals surface area contributed by atoms with Crippen LogP contribution >= 0.6 is 0 Å². The standard InChI is InChI=1S/C16H30N2/c1-14-3-7-18(8-4-14)13-15-11-16(12-15)5-9-17(2)10-6-16/h14-15H,3-13H2,1-2H3. The van der Waals surface area contributed by atoms with Crippen molar-refractivity contribution in [3.8, 4) is 0 Å². The summed E-state index contributed by atoms with van der Waals surface area (Å²) in [5, 5.41) is 0. The van der Waals surface area contributed by atoms with Gasteiger partial charge in [-0.25, -0.2) is 0 Å². The van der Waals surface area contributed by atoms with E-state index >= 15 is 0 Å². The minimum Gasteiger partial charge on any atom is -0.306 e. The van der Waals surface area contributed by atoms with E-state index in [2.05, 4.69) is 23.8 Å². The second-order valence-electron chi connectivity index (χ2n) is 7.56. The van der Waals surface area contributed by atoms with Crippen LogP contribution in [0.2, 0.25) is 0 Å². The highest BCUT2D eigenvalue weighted by Gasteiger charge is 2.45. The number of likely N-dealkylation sites (tertiary alicyclic amines) is 2. The Kier molecular flexibility index (Phi) is 3.68. The molecule has 2 nitrogen and oxygen atoms in total. The maximum Gasteiger partial charge on any atom is 0.00101 e. The summed E-state index contributed by atoms with van der Waals surface area (Å²) in [6.45, 7) is 9.24. The molecule has 18 heavy (non-hydrogen) atoms. The van der Waals surface area contributed by atoms with E-state index in [1.165, 1.54) is 71.2 Å². The zero-order chi connectivity index (χ0) is 12.6. The summed E-state index contributed by atoms with van der Waals surface area (Å²) in [7, 11) is 2.28. The lowest BCUT2D eigenvalue weighted by Gasteiger charge is -2.53. The number of piperidine rings is 2. The van der Waals surface area contributed by atoms with Crippen molar-refractivity contribution < 1.29 is 0 Å². The van der Waals surface area contributed by atoms with E-state index in [-0.39, 0.29) is 0 Å². The van der Waals surface area contributed by atoms with Crippen molar-refractivity contribution in [2.45, 2.75) is 45.4 Å². The van der Waals surface area contributed by atoms with Crippen molar-refractivity contribution in [1.29, 1.82) is 0 Å². The smallest absolute Gasteiger partial charge is 0.00101 e. The van der Waals surface area contributed by atoms with Crippen molar-refractivity contribution in [3.63, 3.8) is 0 Å². The van der Waals surface area contributed by atoms with E-state index in [0.717, 1.165) is 17.3 Å². The van der Waals surface area contributed by atoms with Crippen molar-refractivity contribution >= 4 is 0 Å². The van der Waals surface area contributed by atoms with Crippen molar-refractivity contribution in [1.82, 2.24) is 9.80 Å². The van der Waals surface area contributed by atoms with Gasteiger partial charge < -0.3 is 9.80 Å². The van der Waals surface area contributed by atoms with Gasteiger partial charge in [-0.05, 0) is 89.0 Å². The minimum atomic E-state index is 0.778. The molecule has 0 amide bonds. The van der Waals surface area contributed by atoms with Crippen molar-refractivity contribution in [2.24, 2.45) is 17.3 Å². The molecule has 1 aliphatic carbocycles. The molecule has 0 aromatic heterocycles. The first kappa shape index (κ1) is 12.9. The number of rotatable bonds is 2. The Morgan fingerprint density at radius 1 is 1.00 bits per heavy atom. The highest BCUT2D eigenvalue weighted by molar-refractivity contribution is 4.97. The molecular weight excluding hydrogens is 220 g/mol. The molecule has 3 fully saturated rings. The third-order valence-electron chi connectivity index (χ3n) is 5.88. The van der Waals surface area contributed by atoms with Crippen LogP contribution in [0.1, 0.15) is 45.4 Å². The summed E-state index contributed by atoms with van der Waals surface area (Å²) in [6, 6.07) is 0. The molecule has 2 heterocycles. The molecule has 0 N–H and O–H groups in total. The molecule has 2 heteroatoms. The van der Waals surface area contributed by atoms with Crippen LogP contribution in [0.3, 0.4) is 0 Å². The Labute approximate surface area is 113 Å². The Hall–Kier alpha value is -0.0800. The van der Waals surface area contributed by atoms with E-state index in [9.17, 15) is 0 Å². The zero-order valence-corrected chi connectivity index (χ0v) is 12.3. The predicted molar refractivity (Wildman–Crippen MR) is 76.7 cm³/mol. The highest BCUT2D eigenvalue weighted by Crippen LogP contribution is 2.52. The average molecular weight is 250 g/mol. The summed E-state index contributed by atoms with van der Waals surface area (Å²) in [5.74, 6) is 2.00.